The monoisotopic (exact) mass is 517 g/mol. The van der Waals surface area contributed by atoms with Crippen molar-refractivity contribution in [2.45, 2.75) is 12.7 Å². The van der Waals surface area contributed by atoms with Crippen molar-refractivity contribution in [2.75, 3.05) is 37.5 Å². The number of likely N-dealkylation sites (N-methyl/N-ethyl adjacent to an activating group) is 1. The largest absolute Gasteiger partial charge is 0.470 e. The molecule has 0 amide bonds. The van der Waals surface area contributed by atoms with Gasteiger partial charge in [-0.15, -0.1) is 10.2 Å². The highest BCUT2D eigenvalue weighted by atomic mass is 32.2. The minimum Gasteiger partial charge on any atom is -0.413 e. The lowest BCUT2D eigenvalue weighted by Gasteiger charge is -2.36. The van der Waals surface area contributed by atoms with Crippen LogP contribution in [0.1, 0.15) is 11.5 Å². The van der Waals surface area contributed by atoms with Gasteiger partial charge in [0.05, 0.1) is 12.2 Å². The van der Waals surface area contributed by atoms with Crippen LogP contribution in [0.2, 0.25) is 0 Å². The lowest BCUT2D eigenvalue weighted by Crippen LogP contribution is -2.52. The summed E-state index contributed by atoms with van der Waals surface area (Å²) in [4.78, 5) is 1.96. The van der Waals surface area contributed by atoms with E-state index in [2.05, 4.69) is 14.6 Å². The zero-order chi connectivity index (χ0) is 25.4. The molecular formula is C21H20F5N5O3S. The number of hydrogen-bond acceptors (Lipinski definition) is 6. The first-order valence-corrected chi connectivity index (χ1v) is 11.8. The Morgan fingerprint density at radius 2 is 1.74 bits per heavy atom. The third kappa shape index (κ3) is 5.44. The molecule has 0 spiro atoms. The molecule has 2 heterocycles. The minimum absolute atomic E-state index is 0.000810. The fourth-order valence-electron chi connectivity index (χ4n) is 3.51. The number of benzene rings is 2. The van der Waals surface area contributed by atoms with E-state index >= 15 is 0 Å². The van der Waals surface area contributed by atoms with Gasteiger partial charge in [-0.1, -0.05) is 12.1 Å². The topological polar surface area (TPSA) is 82.8 Å². The fraction of sp³-hybridized carbons (Fsp3) is 0.333. The Kier molecular flexibility index (Phi) is 6.79. The van der Waals surface area contributed by atoms with Crippen molar-refractivity contribution in [3.8, 4) is 11.5 Å². The summed E-state index contributed by atoms with van der Waals surface area (Å²) in [7, 11) is -2.31. The highest BCUT2D eigenvalue weighted by Gasteiger charge is 2.38. The summed E-state index contributed by atoms with van der Waals surface area (Å²) in [6.07, 6.45) is -4.85. The van der Waals surface area contributed by atoms with E-state index in [-0.39, 0.29) is 29.9 Å². The molecule has 0 radical (unpaired) electrons. The second-order valence-corrected chi connectivity index (χ2v) is 9.77. The number of rotatable bonds is 6. The van der Waals surface area contributed by atoms with Crippen LogP contribution in [0.25, 0.3) is 11.5 Å². The Labute approximate surface area is 197 Å². The maximum Gasteiger partial charge on any atom is 0.470 e. The van der Waals surface area contributed by atoms with Gasteiger partial charge in [0.15, 0.2) is 0 Å². The molecule has 0 unspecified atom stereocenters. The number of hydrogen-bond donors (Lipinski definition) is 0. The molecule has 1 aliphatic heterocycles. The van der Waals surface area contributed by atoms with Gasteiger partial charge in [-0.3, -0.25) is 4.31 Å². The summed E-state index contributed by atoms with van der Waals surface area (Å²) in [5.41, 5.74) is -0.209. The van der Waals surface area contributed by atoms with Crippen LogP contribution in [0.15, 0.2) is 46.9 Å². The molecule has 0 bridgehead atoms. The number of halogens is 5. The van der Waals surface area contributed by atoms with E-state index in [0.29, 0.717) is 13.1 Å². The van der Waals surface area contributed by atoms with Crippen molar-refractivity contribution in [3.63, 3.8) is 0 Å². The van der Waals surface area contributed by atoms with E-state index < -0.39 is 46.3 Å². The number of alkyl halides is 3. The first-order chi connectivity index (χ1) is 16.4. The lowest BCUT2D eigenvalue weighted by atomic mass is 10.1. The summed E-state index contributed by atoms with van der Waals surface area (Å²) >= 11 is 0. The molecule has 1 aromatic heterocycles. The van der Waals surface area contributed by atoms with E-state index in [9.17, 15) is 30.4 Å². The molecule has 35 heavy (non-hydrogen) atoms. The van der Waals surface area contributed by atoms with Crippen LogP contribution in [0.3, 0.4) is 0 Å². The van der Waals surface area contributed by atoms with E-state index in [0.717, 1.165) is 22.5 Å². The van der Waals surface area contributed by atoms with Gasteiger partial charge in [0.25, 0.3) is 0 Å². The summed E-state index contributed by atoms with van der Waals surface area (Å²) in [6.45, 7) is 0.893. The van der Waals surface area contributed by atoms with Gasteiger partial charge in [-0.25, -0.2) is 8.78 Å². The van der Waals surface area contributed by atoms with Gasteiger partial charge in [0.1, 0.15) is 11.6 Å². The number of piperazine rings is 1. The van der Waals surface area contributed by atoms with Gasteiger partial charge in [-0.2, -0.15) is 25.9 Å². The molecule has 0 aliphatic carbocycles. The molecular weight excluding hydrogens is 497 g/mol. The lowest BCUT2D eigenvalue weighted by molar-refractivity contribution is -0.156. The number of nitrogens with zero attached hydrogens (tertiary/aromatic N) is 5. The molecule has 2 aromatic carbocycles. The van der Waals surface area contributed by atoms with Crippen molar-refractivity contribution in [3.05, 3.63) is 65.6 Å². The Bertz CT molecular complexity index is 1310. The molecule has 1 fully saturated rings. The summed E-state index contributed by atoms with van der Waals surface area (Å²) in [6, 6.07) is 8.21. The van der Waals surface area contributed by atoms with Crippen molar-refractivity contribution in [2.24, 2.45) is 0 Å². The molecule has 0 saturated carbocycles. The van der Waals surface area contributed by atoms with E-state index in [1.54, 1.807) is 0 Å². The SMILES string of the molecule is CN1CCN(S(=O)(=O)N(Cc2ccc(-c3nnc(C(F)(F)F)o3)cc2F)c2cccc(F)c2)CC1. The smallest absolute Gasteiger partial charge is 0.413 e. The zero-order valence-corrected chi connectivity index (χ0v) is 19.2. The van der Waals surface area contributed by atoms with Crippen LogP contribution < -0.4 is 4.31 Å². The molecule has 1 saturated heterocycles. The molecule has 0 atom stereocenters. The van der Waals surface area contributed by atoms with E-state index in [1.807, 2.05) is 11.9 Å². The summed E-state index contributed by atoms with van der Waals surface area (Å²) in [5, 5.41) is 6.19. The average molecular weight is 517 g/mol. The molecule has 188 valence electrons. The van der Waals surface area contributed by atoms with Crippen molar-refractivity contribution >= 4 is 15.9 Å². The summed E-state index contributed by atoms with van der Waals surface area (Å²) < 4.78 is 101. The number of anilines is 1. The van der Waals surface area contributed by atoms with Crippen molar-refractivity contribution < 1.29 is 34.8 Å². The molecule has 14 heteroatoms. The maximum absolute atomic E-state index is 15.0. The molecule has 3 aromatic rings. The third-order valence-corrected chi connectivity index (χ3v) is 7.36. The number of aromatic nitrogens is 2. The Hall–Kier alpha value is -3.10. The van der Waals surface area contributed by atoms with Gasteiger partial charge >= 0.3 is 22.3 Å². The Morgan fingerprint density at radius 1 is 1.03 bits per heavy atom. The Morgan fingerprint density at radius 3 is 2.34 bits per heavy atom. The van der Waals surface area contributed by atoms with E-state index in [4.69, 9.17) is 0 Å². The first kappa shape index (κ1) is 25.0. The van der Waals surface area contributed by atoms with Gasteiger partial charge in [-0.05, 0) is 37.4 Å². The third-order valence-electron chi connectivity index (χ3n) is 5.44. The molecule has 1 aliphatic rings. The standard InChI is InChI=1S/C21H20F5N5O3S/c1-29-7-9-30(10-8-29)35(32,33)31(17-4-2-3-16(22)12-17)13-15-6-5-14(11-18(15)23)19-27-28-20(34-19)21(24,25)26/h2-6,11-12H,7-10,13H2,1H3. The zero-order valence-electron chi connectivity index (χ0n) is 18.3. The summed E-state index contributed by atoms with van der Waals surface area (Å²) in [5.74, 6) is -3.71. The molecule has 4 rings (SSSR count). The van der Waals surface area contributed by atoms with Crippen LogP contribution in [0.4, 0.5) is 27.6 Å². The highest BCUT2D eigenvalue weighted by molar-refractivity contribution is 7.90. The van der Waals surface area contributed by atoms with Gasteiger partial charge in [0.2, 0.25) is 5.89 Å². The maximum atomic E-state index is 15.0. The molecule has 8 nitrogen and oxygen atoms in total. The van der Waals surface area contributed by atoms with Crippen LogP contribution in [-0.4, -0.2) is 61.0 Å². The van der Waals surface area contributed by atoms with Crippen LogP contribution >= 0.6 is 0 Å². The van der Waals surface area contributed by atoms with Gasteiger partial charge < -0.3 is 9.32 Å². The van der Waals surface area contributed by atoms with E-state index in [1.165, 1.54) is 28.6 Å². The average Bonchev–Trinajstić information content (AvgIpc) is 3.29. The predicted molar refractivity (Wildman–Crippen MR) is 115 cm³/mol. The second-order valence-electron chi connectivity index (χ2n) is 7.91. The van der Waals surface area contributed by atoms with Crippen LogP contribution in [-0.2, 0) is 22.9 Å². The fourth-order valence-corrected chi connectivity index (χ4v) is 5.10. The van der Waals surface area contributed by atoms with Crippen LogP contribution in [0, 0.1) is 11.6 Å². The minimum atomic E-state index is -4.85. The Balaban J connectivity index is 1.66. The van der Waals surface area contributed by atoms with Gasteiger partial charge in [0, 0.05) is 37.3 Å². The predicted octanol–water partition coefficient (Wildman–Crippen LogP) is 3.53. The quantitative estimate of drug-likeness (QED) is 0.466. The van der Waals surface area contributed by atoms with Crippen molar-refractivity contribution in [1.82, 2.24) is 19.4 Å². The highest BCUT2D eigenvalue weighted by Crippen LogP contribution is 2.31. The first-order valence-electron chi connectivity index (χ1n) is 10.4. The normalized spacial score (nSPS) is 15.9. The molecule has 0 N–H and O–H groups in total. The van der Waals surface area contributed by atoms with Crippen molar-refractivity contribution in [1.29, 1.82) is 0 Å². The second kappa shape index (κ2) is 9.51. The van der Waals surface area contributed by atoms with Crippen LogP contribution in [0.5, 0.6) is 0 Å².